The van der Waals surface area contributed by atoms with Crippen molar-refractivity contribution in [2.24, 2.45) is 0 Å². The lowest BCUT2D eigenvalue weighted by molar-refractivity contribution is -0.170. The fourth-order valence-electron chi connectivity index (χ4n) is 1.95. The van der Waals surface area contributed by atoms with E-state index in [1.165, 1.54) is 0 Å². The van der Waals surface area contributed by atoms with Crippen LogP contribution in [0.1, 0.15) is 33.5 Å². The van der Waals surface area contributed by atoms with Crippen molar-refractivity contribution >= 4 is 11.6 Å². The number of rotatable bonds is 3. The van der Waals surface area contributed by atoms with Gasteiger partial charge in [0.15, 0.2) is 5.78 Å². The third kappa shape index (κ3) is 3.18. The number of ketones is 2. The van der Waals surface area contributed by atoms with Gasteiger partial charge in [-0.05, 0) is 31.9 Å². The van der Waals surface area contributed by atoms with Gasteiger partial charge >= 0.3 is 6.18 Å². The Labute approximate surface area is 103 Å². The van der Waals surface area contributed by atoms with Crippen molar-refractivity contribution < 1.29 is 22.8 Å². The minimum Gasteiger partial charge on any atom is -0.294 e. The number of alkyl halides is 3. The first kappa shape index (κ1) is 14.4. The summed E-state index contributed by atoms with van der Waals surface area (Å²) in [5.41, 5.74) is 2.31. The van der Waals surface area contributed by atoms with Crippen molar-refractivity contribution in [3.63, 3.8) is 0 Å². The van der Waals surface area contributed by atoms with Crippen LogP contribution >= 0.6 is 0 Å². The molecule has 18 heavy (non-hydrogen) atoms. The SMILES string of the molecule is Cc1cc(C)c(C(=O)CC(=O)C(F)(F)F)c(C)c1. The third-order valence-corrected chi connectivity index (χ3v) is 2.59. The molecule has 0 saturated heterocycles. The van der Waals surface area contributed by atoms with Gasteiger partial charge in [0, 0.05) is 5.56 Å². The average Bonchev–Trinajstić information content (AvgIpc) is 2.13. The van der Waals surface area contributed by atoms with Crippen LogP contribution in [0.3, 0.4) is 0 Å². The van der Waals surface area contributed by atoms with Crippen LogP contribution in [-0.2, 0) is 4.79 Å². The second-order valence-electron chi connectivity index (χ2n) is 4.29. The molecule has 0 aliphatic carbocycles. The zero-order chi connectivity index (χ0) is 14.1. The van der Waals surface area contributed by atoms with E-state index in [2.05, 4.69) is 0 Å². The number of hydrogen-bond donors (Lipinski definition) is 0. The standard InChI is InChI=1S/C13H13F3O2/c1-7-4-8(2)12(9(3)5-7)10(17)6-11(18)13(14,15)16/h4-5H,6H2,1-3H3. The molecule has 0 radical (unpaired) electrons. The van der Waals surface area contributed by atoms with Crippen LogP contribution < -0.4 is 0 Å². The van der Waals surface area contributed by atoms with Gasteiger partial charge in [-0.15, -0.1) is 0 Å². The number of hydrogen-bond acceptors (Lipinski definition) is 2. The highest BCUT2D eigenvalue weighted by molar-refractivity contribution is 6.10. The molecule has 0 aliphatic heterocycles. The summed E-state index contributed by atoms with van der Waals surface area (Å²) in [6.07, 6.45) is -6.09. The molecule has 0 saturated carbocycles. The Hall–Kier alpha value is -1.65. The summed E-state index contributed by atoms with van der Waals surface area (Å²) in [7, 11) is 0. The van der Waals surface area contributed by atoms with Gasteiger partial charge in [0.05, 0.1) is 6.42 Å². The van der Waals surface area contributed by atoms with E-state index in [1.54, 1.807) is 26.0 Å². The zero-order valence-electron chi connectivity index (χ0n) is 10.3. The lowest BCUT2D eigenvalue weighted by Crippen LogP contribution is -2.25. The van der Waals surface area contributed by atoms with E-state index < -0.39 is 24.2 Å². The first-order chi connectivity index (χ1) is 8.12. The molecule has 0 N–H and O–H groups in total. The average molecular weight is 258 g/mol. The van der Waals surface area contributed by atoms with Crippen LogP contribution in [0, 0.1) is 20.8 Å². The quantitative estimate of drug-likeness (QED) is 0.615. The third-order valence-electron chi connectivity index (χ3n) is 2.59. The number of benzene rings is 1. The molecule has 0 unspecified atom stereocenters. The summed E-state index contributed by atoms with van der Waals surface area (Å²) in [5.74, 6) is -2.79. The normalized spacial score (nSPS) is 11.4. The van der Waals surface area contributed by atoms with E-state index in [9.17, 15) is 22.8 Å². The Morgan fingerprint density at radius 3 is 1.89 bits per heavy atom. The summed E-state index contributed by atoms with van der Waals surface area (Å²) in [6, 6.07) is 3.41. The highest BCUT2D eigenvalue weighted by atomic mass is 19.4. The molecule has 0 aromatic heterocycles. The Kier molecular flexibility index (Phi) is 3.94. The first-order valence-corrected chi connectivity index (χ1v) is 5.34. The highest BCUT2D eigenvalue weighted by Gasteiger charge is 2.39. The van der Waals surface area contributed by atoms with Gasteiger partial charge in [-0.3, -0.25) is 9.59 Å². The van der Waals surface area contributed by atoms with Crippen LogP contribution in [0.15, 0.2) is 12.1 Å². The maximum absolute atomic E-state index is 12.1. The molecule has 0 atom stereocenters. The molecule has 0 fully saturated rings. The molecule has 0 amide bonds. The smallest absolute Gasteiger partial charge is 0.294 e. The molecule has 1 aromatic carbocycles. The first-order valence-electron chi connectivity index (χ1n) is 5.34. The van der Waals surface area contributed by atoms with Crippen molar-refractivity contribution in [2.45, 2.75) is 33.4 Å². The number of halogens is 3. The molecule has 1 aromatic rings. The van der Waals surface area contributed by atoms with Crippen molar-refractivity contribution in [2.75, 3.05) is 0 Å². The van der Waals surface area contributed by atoms with E-state index in [0.717, 1.165) is 5.56 Å². The number of carbonyl (C=O) groups excluding carboxylic acids is 2. The fraction of sp³-hybridized carbons (Fsp3) is 0.385. The number of carbonyl (C=O) groups is 2. The van der Waals surface area contributed by atoms with E-state index in [-0.39, 0.29) is 5.56 Å². The molecular formula is C13H13F3O2. The molecule has 1 rings (SSSR count). The lowest BCUT2D eigenvalue weighted by atomic mass is 9.94. The van der Waals surface area contributed by atoms with E-state index >= 15 is 0 Å². The Morgan fingerprint density at radius 2 is 1.50 bits per heavy atom. The van der Waals surface area contributed by atoms with Crippen LogP contribution in [0.5, 0.6) is 0 Å². The molecule has 2 nitrogen and oxygen atoms in total. The Bertz CT molecular complexity index is 478. The van der Waals surface area contributed by atoms with E-state index in [0.29, 0.717) is 11.1 Å². The van der Waals surface area contributed by atoms with Gasteiger partial charge in [-0.1, -0.05) is 17.7 Å². The summed E-state index contributed by atoms with van der Waals surface area (Å²) in [5, 5.41) is 0. The van der Waals surface area contributed by atoms with Crippen molar-refractivity contribution in [3.8, 4) is 0 Å². The van der Waals surface area contributed by atoms with Gasteiger partial charge < -0.3 is 0 Å². The minimum atomic E-state index is -4.96. The Morgan fingerprint density at radius 1 is 1.06 bits per heavy atom. The van der Waals surface area contributed by atoms with E-state index in [4.69, 9.17) is 0 Å². The van der Waals surface area contributed by atoms with Gasteiger partial charge in [0.25, 0.3) is 0 Å². The molecule has 0 heterocycles. The largest absolute Gasteiger partial charge is 0.450 e. The fourth-order valence-corrected chi connectivity index (χ4v) is 1.95. The van der Waals surface area contributed by atoms with Gasteiger partial charge in [0.1, 0.15) is 0 Å². The van der Waals surface area contributed by atoms with Crippen molar-refractivity contribution in [1.29, 1.82) is 0 Å². The van der Waals surface area contributed by atoms with Crippen LogP contribution in [0.25, 0.3) is 0 Å². The summed E-state index contributed by atoms with van der Waals surface area (Å²) in [4.78, 5) is 22.5. The lowest BCUT2D eigenvalue weighted by Gasteiger charge is -2.10. The molecule has 0 spiro atoms. The van der Waals surface area contributed by atoms with E-state index in [1.807, 2.05) is 6.92 Å². The second-order valence-corrected chi connectivity index (χ2v) is 4.29. The number of aryl methyl sites for hydroxylation is 3. The topological polar surface area (TPSA) is 34.1 Å². The molecule has 0 bridgehead atoms. The van der Waals surface area contributed by atoms with Crippen molar-refractivity contribution in [1.82, 2.24) is 0 Å². The molecular weight excluding hydrogens is 245 g/mol. The van der Waals surface area contributed by atoms with Crippen LogP contribution in [-0.4, -0.2) is 17.7 Å². The summed E-state index contributed by atoms with van der Waals surface area (Å²) < 4.78 is 36.3. The van der Waals surface area contributed by atoms with Crippen LogP contribution in [0.4, 0.5) is 13.2 Å². The maximum atomic E-state index is 12.1. The molecule has 98 valence electrons. The summed E-state index contributed by atoms with van der Waals surface area (Å²) in [6.45, 7) is 5.12. The zero-order valence-corrected chi connectivity index (χ0v) is 10.3. The predicted octanol–water partition coefficient (Wildman–Crippen LogP) is 3.32. The van der Waals surface area contributed by atoms with Gasteiger partial charge in [-0.25, -0.2) is 0 Å². The monoisotopic (exact) mass is 258 g/mol. The molecule has 5 heteroatoms. The highest BCUT2D eigenvalue weighted by Crippen LogP contribution is 2.22. The molecule has 0 aliphatic rings. The summed E-state index contributed by atoms with van der Waals surface area (Å²) >= 11 is 0. The van der Waals surface area contributed by atoms with Gasteiger partial charge in [-0.2, -0.15) is 13.2 Å². The van der Waals surface area contributed by atoms with Crippen molar-refractivity contribution in [3.05, 3.63) is 34.4 Å². The Balaban J connectivity index is 3.03. The van der Waals surface area contributed by atoms with Crippen LogP contribution in [0.2, 0.25) is 0 Å². The second kappa shape index (κ2) is 4.92. The number of Topliss-reactive ketones (excluding diaryl/α,β-unsaturated/α-hetero) is 2. The predicted molar refractivity (Wildman–Crippen MR) is 60.7 cm³/mol. The maximum Gasteiger partial charge on any atom is 0.450 e. The minimum absolute atomic E-state index is 0.207. The van der Waals surface area contributed by atoms with Gasteiger partial charge in [0.2, 0.25) is 5.78 Å².